The Labute approximate surface area is 123 Å². The predicted molar refractivity (Wildman–Crippen MR) is 79.5 cm³/mol. The summed E-state index contributed by atoms with van der Waals surface area (Å²) in [5.74, 6) is 1.88. The van der Waals surface area contributed by atoms with Gasteiger partial charge in [0.1, 0.15) is 0 Å². The van der Waals surface area contributed by atoms with E-state index in [1.807, 2.05) is 25.5 Å². The highest BCUT2D eigenvalue weighted by atomic mass is 32.2. The molecule has 0 saturated heterocycles. The van der Waals surface area contributed by atoms with Crippen LogP contribution in [0.15, 0.2) is 28.1 Å². The maximum absolute atomic E-state index is 5.29. The third-order valence-electron chi connectivity index (χ3n) is 2.80. The van der Waals surface area contributed by atoms with Gasteiger partial charge in [0.05, 0.1) is 12.2 Å². The number of aryl methyl sites for hydroxylation is 1. The van der Waals surface area contributed by atoms with Crippen LogP contribution >= 0.6 is 11.8 Å². The van der Waals surface area contributed by atoms with E-state index < -0.39 is 0 Å². The lowest BCUT2D eigenvalue weighted by molar-refractivity contribution is 0.265. The van der Waals surface area contributed by atoms with Gasteiger partial charge in [0.25, 0.3) is 0 Å². The molecule has 0 amide bonds. The Balaban J connectivity index is 1.88. The van der Waals surface area contributed by atoms with Gasteiger partial charge in [0, 0.05) is 30.6 Å². The summed E-state index contributed by atoms with van der Waals surface area (Å²) in [6.45, 7) is 5.69. The monoisotopic (exact) mass is 292 g/mol. The Kier molecular flexibility index (Phi) is 5.55. The first-order valence-electron chi connectivity index (χ1n) is 6.78. The summed E-state index contributed by atoms with van der Waals surface area (Å²) in [5.41, 5.74) is 2.10. The molecule has 0 aliphatic heterocycles. The highest BCUT2D eigenvalue weighted by Gasteiger charge is 2.07. The maximum Gasteiger partial charge on any atom is 0.187 e. The maximum atomic E-state index is 5.29. The van der Waals surface area contributed by atoms with E-state index in [2.05, 4.69) is 33.9 Å². The summed E-state index contributed by atoms with van der Waals surface area (Å²) >= 11 is 1.65. The molecule has 0 fully saturated rings. The Hall–Kier alpha value is -1.40. The zero-order valence-electron chi connectivity index (χ0n) is 12.2. The molecule has 0 atom stereocenters. The smallest absolute Gasteiger partial charge is 0.187 e. The molecule has 2 heterocycles. The van der Waals surface area contributed by atoms with E-state index in [4.69, 9.17) is 4.52 Å². The van der Waals surface area contributed by atoms with Gasteiger partial charge >= 0.3 is 0 Å². The zero-order chi connectivity index (χ0) is 14.4. The van der Waals surface area contributed by atoms with Crippen molar-refractivity contribution in [3.8, 4) is 0 Å². The van der Waals surface area contributed by atoms with Crippen molar-refractivity contribution in [1.82, 2.24) is 20.0 Å². The average Bonchev–Trinajstić information content (AvgIpc) is 2.89. The van der Waals surface area contributed by atoms with E-state index in [0.29, 0.717) is 0 Å². The SMILES string of the molecule is CCSc1ncc(CN(C)Cc2cc(CC)no2)cn1. The molecule has 2 aromatic rings. The second-order valence-corrected chi connectivity index (χ2v) is 5.85. The molecule has 2 rings (SSSR count). The topological polar surface area (TPSA) is 55.1 Å². The van der Waals surface area contributed by atoms with E-state index >= 15 is 0 Å². The van der Waals surface area contributed by atoms with Crippen LogP contribution in [0.1, 0.15) is 30.9 Å². The van der Waals surface area contributed by atoms with Crippen molar-refractivity contribution in [1.29, 1.82) is 0 Å². The van der Waals surface area contributed by atoms with Gasteiger partial charge in [-0.1, -0.05) is 30.8 Å². The van der Waals surface area contributed by atoms with Crippen LogP contribution in [0.3, 0.4) is 0 Å². The number of rotatable bonds is 7. The first-order valence-corrected chi connectivity index (χ1v) is 7.76. The molecule has 0 spiro atoms. The van der Waals surface area contributed by atoms with Gasteiger partial charge in [-0.3, -0.25) is 4.90 Å². The highest BCUT2D eigenvalue weighted by Crippen LogP contribution is 2.13. The Morgan fingerprint density at radius 2 is 1.95 bits per heavy atom. The lowest BCUT2D eigenvalue weighted by Gasteiger charge is -2.14. The van der Waals surface area contributed by atoms with Crippen LogP contribution in [0, 0.1) is 0 Å². The average molecular weight is 292 g/mol. The molecule has 0 aliphatic rings. The summed E-state index contributed by atoms with van der Waals surface area (Å²) in [6.07, 6.45) is 4.68. The second kappa shape index (κ2) is 7.40. The summed E-state index contributed by atoms with van der Waals surface area (Å²) in [7, 11) is 2.04. The minimum Gasteiger partial charge on any atom is -0.360 e. The van der Waals surface area contributed by atoms with Gasteiger partial charge < -0.3 is 4.52 Å². The molecule has 0 unspecified atom stereocenters. The van der Waals surface area contributed by atoms with Crippen LogP contribution in [-0.2, 0) is 19.5 Å². The molecule has 0 aliphatic carbocycles. The van der Waals surface area contributed by atoms with Gasteiger partial charge in [-0.25, -0.2) is 9.97 Å². The molecule has 2 aromatic heterocycles. The van der Waals surface area contributed by atoms with E-state index in [1.165, 1.54) is 0 Å². The number of thioether (sulfide) groups is 1. The quantitative estimate of drug-likeness (QED) is 0.578. The first kappa shape index (κ1) is 15.0. The van der Waals surface area contributed by atoms with Crippen LogP contribution in [-0.4, -0.2) is 32.8 Å². The van der Waals surface area contributed by atoms with Gasteiger partial charge in [0.15, 0.2) is 10.9 Å². The van der Waals surface area contributed by atoms with Gasteiger partial charge in [-0.15, -0.1) is 0 Å². The van der Waals surface area contributed by atoms with E-state index in [0.717, 1.165) is 47.4 Å². The molecule has 0 bridgehead atoms. The van der Waals surface area contributed by atoms with Gasteiger partial charge in [0.2, 0.25) is 0 Å². The number of aromatic nitrogens is 3. The van der Waals surface area contributed by atoms with Crippen LogP contribution < -0.4 is 0 Å². The van der Waals surface area contributed by atoms with Crippen molar-refractivity contribution < 1.29 is 4.52 Å². The standard InChI is InChI=1S/C14H20N4OS/c1-4-12-6-13(19-17-12)10-18(3)9-11-7-15-14(16-8-11)20-5-2/h6-8H,4-5,9-10H2,1-3H3. The Morgan fingerprint density at radius 1 is 1.20 bits per heavy atom. The molecular formula is C14H20N4OS. The molecule has 0 saturated carbocycles. The normalized spacial score (nSPS) is 11.2. The Bertz CT molecular complexity index is 526. The minimum absolute atomic E-state index is 0.735. The van der Waals surface area contributed by atoms with Crippen molar-refractivity contribution >= 4 is 11.8 Å². The van der Waals surface area contributed by atoms with Gasteiger partial charge in [-0.05, 0) is 19.2 Å². The minimum atomic E-state index is 0.735. The van der Waals surface area contributed by atoms with Crippen LogP contribution in [0.25, 0.3) is 0 Å². The fraction of sp³-hybridized carbons (Fsp3) is 0.500. The first-order chi connectivity index (χ1) is 9.71. The van der Waals surface area contributed by atoms with Crippen molar-refractivity contribution in [2.75, 3.05) is 12.8 Å². The fourth-order valence-electron chi connectivity index (χ4n) is 1.86. The van der Waals surface area contributed by atoms with Crippen LogP contribution in [0.4, 0.5) is 0 Å². The van der Waals surface area contributed by atoms with Crippen molar-refractivity contribution in [2.45, 2.75) is 38.5 Å². The fourth-order valence-corrected chi connectivity index (χ4v) is 2.37. The molecule has 0 aromatic carbocycles. The third-order valence-corrected chi connectivity index (χ3v) is 3.56. The summed E-state index contributed by atoms with van der Waals surface area (Å²) < 4.78 is 5.29. The van der Waals surface area contributed by atoms with Crippen LogP contribution in [0.5, 0.6) is 0 Å². The number of hydrogen-bond acceptors (Lipinski definition) is 6. The summed E-state index contributed by atoms with van der Waals surface area (Å²) in [4.78, 5) is 10.8. The molecule has 0 N–H and O–H groups in total. The van der Waals surface area contributed by atoms with E-state index in [1.54, 1.807) is 11.8 Å². The lowest BCUT2D eigenvalue weighted by Crippen LogP contribution is -2.17. The van der Waals surface area contributed by atoms with E-state index in [-0.39, 0.29) is 0 Å². The third kappa shape index (κ3) is 4.31. The highest BCUT2D eigenvalue weighted by molar-refractivity contribution is 7.99. The summed E-state index contributed by atoms with van der Waals surface area (Å²) in [6, 6.07) is 2.01. The second-order valence-electron chi connectivity index (χ2n) is 4.62. The molecule has 108 valence electrons. The number of nitrogens with zero attached hydrogens (tertiary/aromatic N) is 4. The van der Waals surface area contributed by atoms with Crippen molar-refractivity contribution in [3.63, 3.8) is 0 Å². The number of hydrogen-bond donors (Lipinski definition) is 0. The lowest BCUT2D eigenvalue weighted by atomic mass is 10.3. The van der Waals surface area contributed by atoms with Gasteiger partial charge in [-0.2, -0.15) is 0 Å². The van der Waals surface area contributed by atoms with Crippen LogP contribution in [0.2, 0.25) is 0 Å². The molecule has 0 radical (unpaired) electrons. The molecule has 6 heteroatoms. The predicted octanol–water partition coefficient (Wildman–Crippen LogP) is 2.77. The van der Waals surface area contributed by atoms with Crippen molar-refractivity contribution in [2.24, 2.45) is 0 Å². The Morgan fingerprint density at radius 3 is 2.55 bits per heavy atom. The summed E-state index contributed by atoms with van der Waals surface area (Å²) in [5, 5.41) is 4.83. The zero-order valence-corrected chi connectivity index (χ0v) is 13.0. The molecular weight excluding hydrogens is 272 g/mol. The molecule has 20 heavy (non-hydrogen) atoms. The van der Waals surface area contributed by atoms with E-state index in [9.17, 15) is 0 Å². The van der Waals surface area contributed by atoms with Crippen molar-refractivity contribution in [3.05, 3.63) is 35.5 Å². The largest absolute Gasteiger partial charge is 0.360 e. The molecule has 5 nitrogen and oxygen atoms in total.